The van der Waals surface area contributed by atoms with E-state index in [0.717, 1.165) is 20.9 Å². The number of aromatic nitrogens is 2. The molecule has 60 valence electrons. The highest BCUT2D eigenvalue weighted by Gasteiger charge is 2.02. The lowest BCUT2D eigenvalue weighted by Gasteiger charge is -1.90. The van der Waals surface area contributed by atoms with Crippen LogP contribution in [-0.4, -0.2) is 16.3 Å². The number of H-pyrrole nitrogens is 1. The van der Waals surface area contributed by atoms with Gasteiger partial charge in [-0.1, -0.05) is 0 Å². The van der Waals surface area contributed by atoms with Crippen molar-refractivity contribution in [1.82, 2.24) is 9.97 Å². The molecule has 0 aromatic carbocycles. The van der Waals surface area contributed by atoms with Crippen molar-refractivity contribution in [3.05, 3.63) is 27.6 Å². The molecule has 2 rings (SSSR count). The maximum absolute atomic E-state index is 10.5. The summed E-state index contributed by atoms with van der Waals surface area (Å²) in [7, 11) is 0. The van der Waals surface area contributed by atoms with E-state index in [2.05, 4.69) is 32.6 Å². The summed E-state index contributed by atoms with van der Waals surface area (Å²) in [5.41, 5.74) is 2.26. The molecule has 0 radical (unpaired) electrons. The molecule has 0 aliphatic heterocycles. The fraction of sp³-hybridized carbons (Fsp3) is 0. The lowest BCUT2D eigenvalue weighted by atomic mass is 10.3. The molecule has 4 heteroatoms. The number of carbonyl (C=O) groups is 1. The summed E-state index contributed by atoms with van der Waals surface area (Å²) < 4.78 is 1.05. The van der Waals surface area contributed by atoms with E-state index in [1.807, 2.05) is 6.07 Å². The lowest BCUT2D eigenvalue weighted by Crippen LogP contribution is -1.80. The van der Waals surface area contributed by atoms with Crippen LogP contribution in [0.2, 0.25) is 0 Å². The molecule has 0 spiro atoms. The first kappa shape index (κ1) is 7.72. The fourth-order valence-electron chi connectivity index (χ4n) is 1.09. The van der Waals surface area contributed by atoms with Crippen LogP contribution in [0.4, 0.5) is 0 Å². The second-order valence-electron chi connectivity index (χ2n) is 2.41. The van der Waals surface area contributed by atoms with Crippen molar-refractivity contribution in [3.8, 4) is 0 Å². The average molecular weight is 272 g/mol. The Labute approximate surface area is 82.3 Å². The van der Waals surface area contributed by atoms with Crippen molar-refractivity contribution < 1.29 is 4.79 Å². The summed E-state index contributed by atoms with van der Waals surface area (Å²) >= 11 is 2.18. The lowest BCUT2D eigenvalue weighted by molar-refractivity contribution is 0.112. The van der Waals surface area contributed by atoms with Gasteiger partial charge in [0.05, 0.1) is 16.6 Å². The third kappa shape index (κ3) is 1.12. The van der Waals surface area contributed by atoms with Crippen LogP contribution in [-0.2, 0) is 0 Å². The Bertz CT molecular complexity index is 436. The van der Waals surface area contributed by atoms with E-state index < -0.39 is 0 Å². The molecule has 0 aliphatic rings. The molecule has 0 atom stereocenters. The molecule has 0 unspecified atom stereocenters. The largest absolute Gasteiger partial charge is 0.359 e. The zero-order valence-electron chi connectivity index (χ0n) is 6.04. The van der Waals surface area contributed by atoms with Gasteiger partial charge in [0.1, 0.15) is 0 Å². The molecule has 0 aliphatic carbocycles. The van der Waals surface area contributed by atoms with Crippen LogP contribution < -0.4 is 0 Å². The fourth-order valence-corrected chi connectivity index (χ4v) is 1.54. The monoisotopic (exact) mass is 272 g/mol. The number of rotatable bonds is 1. The summed E-state index contributed by atoms with van der Waals surface area (Å²) in [5.74, 6) is 0. The molecule has 2 aromatic heterocycles. The van der Waals surface area contributed by atoms with Gasteiger partial charge in [-0.2, -0.15) is 0 Å². The highest BCUT2D eigenvalue weighted by atomic mass is 127. The minimum Gasteiger partial charge on any atom is -0.359 e. The Hall–Kier alpha value is -0.910. The predicted octanol–water partition coefficient (Wildman–Crippen LogP) is 1.98. The molecule has 2 aromatic rings. The Balaban J connectivity index is 2.81. The van der Waals surface area contributed by atoms with Crippen LogP contribution in [0.3, 0.4) is 0 Å². The number of hydrogen-bond acceptors (Lipinski definition) is 2. The van der Waals surface area contributed by atoms with E-state index in [0.29, 0.717) is 5.56 Å². The molecule has 3 nitrogen and oxygen atoms in total. The summed E-state index contributed by atoms with van der Waals surface area (Å²) in [4.78, 5) is 17.6. The van der Waals surface area contributed by atoms with Crippen LogP contribution >= 0.6 is 22.6 Å². The average Bonchev–Trinajstić information content (AvgIpc) is 2.46. The smallest absolute Gasteiger partial charge is 0.153 e. The van der Waals surface area contributed by atoms with Gasteiger partial charge in [-0.05, 0) is 28.7 Å². The van der Waals surface area contributed by atoms with Crippen LogP contribution in [0.15, 0.2) is 18.5 Å². The van der Waals surface area contributed by atoms with Crippen LogP contribution in [0.25, 0.3) is 11.0 Å². The first-order valence-corrected chi connectivity index (χ1v) is 4.47. The second-order valence-corrected chi connectivity index (χ2v) is 3.66. The number of fused-ring (bicyclic) bond motifs is 1. The van der Waals surface area contributed by atoms with E-state index in [1.165, 1.54) is 0 Å². The molecule has 0 saturated heterocycles. The highest BCUT2D eigenvalue weighted by Crippen LogP contribution is 2.15. The minimum atomic E-state index is 0.612. The third-order valence-electron chi connectivity index (χ3n) is 1.64. The Morgan fingerprint density at radius 2 is 2.42 bits per heavy atom. The molecule has 1 N–H and O–H groups in total. The van der Waals surface area contributed by atoms with Gasteiger partial charge in [-0.15, -0.1) is 0 Å². The Morgan fingerprint density at radius 3 is 3.17 bits per heavy atom. The first-order chi connectivity index (χ1) is 5.81. The summed E-state index contributed by atoms with van der Waals surface area (Å²) in [6.45, 7) is 0. The van der Waals surface area contributed by atoms with Gasteiger partial charge >= 0.3 is 0 Å². The van der Waals surface area contributed by atoms with Gasteiger partial charge < -0.3 is 4.98 Å². The number of nitrogens with zero attached hydrogens (tertiary/aromatic N) is 1. The number of halogens is 1. The Morgan fingerprint density at radius 1 is 1.58 bits per heavy atom. The number of aldehydes is 1. The molecular weight excluding hydrogens is 267 g/mol. The Kier molecular flexibility index (Phi) is 1.84. The van der Waals surface area contributed by atoms with Crippen molar-refractivity contribution in [2.75, 3.05) is 0 Å². The third-order valence-corrected chi connectivity index (χ3v) is 2.23. The van der Waals surface area contributed by atoms with E-state index in [9.17, 15) is 4.79 Å². The normalized spacial score (nSPS) is 10.4. The van der Waals surface area contributed by atoms with Gasteiger partial charge in [0.15, 0.2) is 6.29 Å². The van der Waals surface area contributed by atoms with E-state index in [1.54, 1.807) is 12.4 Å². The van der Waals surface area contributed by atoms with E-state index in [-0.39, 0.29) is 0 Å². The van der Waals surface area contributed by atoms with Gasteiger partial charge in [-0.25, -0.2) is 0 Å². The van der Waals surface area contributed by atoms with Gasteiger partial charge in [0, 0.05) is 16.0 Å². The predicted molar refractivity (Wildman–Crippen MR) is 54.2 cm³/mol. The van der Waals surface area contributed by atoms with E-state index in [4.69, 9.17) is 0 Å². The first-order valence-electron chi connectivity index (χ1n) is 3.39. The summed E-state index contributed by atoms with van der Waals surface area (Å²) in [5, 5.41) is 0. The van der Waals surface area contributed by atoms with Crippen molar-refractivity contribution in [1.29, 1.82) is 0 Å². The molecule has 0 fully saturated rings. The molecule has 0 bridgehead atoms. The standard InChI is InChI=1S/C8H5IN2O/c9-6-1-7-8(11-3-6)5(4-12)2-10-7/h1-4,10H. The van der Waals surface area contributed by atoms with Gasteiger partial charge in [0.25, 0.3) is 0 Å². The van der Waals surface area contributed by atoms with E-state index >= 15 is 0 Å². The van der Waals surface area contributed by atoms with Crippen molar-refractivity contribution in [2.24, 2.45) is 0 Å². The van der Waals surface area contributed by atoms with Crippen LogP contribution in [0, 0.1) is 3.57 Å². The van der Waals surface area contributed by atoms with Crippen molar-refractivity contribution in [2.45, 2.75) is 0 Å². The molecule has 12 heavy (non-hydrogen) atoms. The SMILES string of the molecule is O=Cc1c[nH]c2cc(I)cnc12. The maximum atomic E-state index is 10.5. The van der Waals surface area contributed by atoms with Crippen molar-refractivity contribution >= 4 is 39.9 Å². The van der Waals surface area contributed by atoms with Gasteiger partial charge in [-0.3, -0.25) is 9.78 Å². The summed E-state index contributed by atoms with van der Waals surface area (Å²) in [6.07, 6.45) is 4.21. The zero-order chi connectivity index (χ0) is 8.55. The molecule has 0 amide bonds. The summed E-state index contributed by atoms with van der Waals surface area (Å²) in [6, 6.07) is 1.95. The van der Waals surface area contributed by atoms with Crippen LogP contribution in [0.1, 0.15) is 10.4 Å². The number of carbonyl (C=O) groups excluding carboxylic acids is 1. The van der Waals surface area contributed by atoms with Crippen LogP contribution in [0.5, 0.6) is 0 Å². The second kappa shape index (κ2) is 2.85. The molecule has 2 heterocycles. The number of aromatic amines is 1. The quantitative estimate of drug-likeness (QED) is 0.637. The van der Waals surface area contributed by atoms with Crippen molar-refractivity contribution in [3.63, 3.8) is 0 Å². The maximum Gasteiger partial charge on any atom is 0.153 e. The van der Waals surface area contributed by atoms with Gasteiger partial charge in [0.2, 0.25) is 0 Å². The minimum absolute atomic E-state index is 0.612. The number of hydrogen-bond donors (Lipinski definition) is 1. The highest BCUT2D eigenvalue weighted by molar-refractivity contribution is 14.1. The number of nitrogens with one attached hydrogen (secondary N) is 1. The topological polar surface area (TPSA) is 45.8 Å². The zero-order valence-corrected chi connectivity index (χ0v) is 8.20. The number of pyridine rings is 1. The molecular formula is C8H5IN2O. The molecule has 0 saturated carbocycles.